The van der Waals surface area contributed by atoms with Crippen LogP contribution in [0.4, 0.5) is 0 Å². The Morgan fingerprint density at radius 1 is 1.29 bits per heavy atom. The van der Waals surface area contributed by atoms with Crippen molar-refractivity contribution in [2.75, 3.05) is 21.2 Å². The minimum atomic E-state index is -4.06. The molecule has 1 aromatic carbocycles. The van der Waals surface area contributed by atoms with Crippen molar-refractivity contribution in [3.63, 3.8) is 0 Å². The van der Waals surface area contributed by atoms with Crippen LogP contribution < -0.4 is 4.74 Å². The lowest BCUT2D eigenvalue weighted by molar-refractivity contribution is -0.127. The number of rotatable bonds is 5. The van der Waals surface area contributed by atoms with Crippen LogP contribution in [0.25, 0.3) is 0 Å². The third-order valence-corrected chi connectivity index (χ3v) is 5.04. The highest BCUT2D eigenvalue weighted by atomic mass is 32.2. The SMILES string of the molecule is COc1ccc(C(=O)O)cc1S(=O)(=O)C(C)C(=O)N(C)C. The fourth-order valence-electron chi connectivity index (χ4n) is 1.72. The number of carboxylic acid groups (broad SMARTS) is 1. The van der Waals surface area contributed by atoms with Gasteiger partial charge in [0.15, 0.2) is 9.84 Å². The quantitative estimate of drug-likeness (QED) is 0.856. The first-order chi connectivity index (χ1) is 9.62. The van der Waals surface area contributed by atoms with E-state index in [0.717, 1.165) is 11.0 Å². The van der Waals surface area contributed by atoms with Gasteiger partial charge in [0, 0.05) is 14.1 Å². The van der Waals surface area contributed by atoms with Crippen molar-refractivity contribution < 1.29 is 27.9 Å². The number of methoxy groups -OCH3 is 1. The van der Waals surface area contributed by atoms with Crippen molar-refractivity contribution in [3.8, 4) is 5.75 Å². The summed E-state index contributed by atoms with van der Waals surface area (Å²) in [4.78, 5) is 23.7. The molecule has 0 radical (unpaired) electrons. The summed E-state index contributed by atoms with van der Waals surface area (Å²) in [6.45, 7) is 1.25. The number of sulfone groups is 1. The van der Waals surface area contributed by atoms with Gasteiger partial charge in [0.25, 0.3) is 0 Å². The van der Waals surface area contributed by atoms with Crippen LogP contribution in [0.15, 0.2) is 23.1 Å². The smallest absolute Gasteiger partial charge is 0.335 e. The highest BCUT2D eigenvalue weighted by Crippen LogP contribution is 2.28. The molecule has 0 aliphatic carbocycles. The molecule has 1 N–H and O–H groups in total. The minimum Gasteiger partial charge on any atom is -0.495 e. The number of aromatic carboxylic acids is 1. The molecule has 8 heteroatoms. The Bertz CT molecular complexity index is 665. The summed E-state index contributed by atoms with van der Waals surface area (Å²) in [5.74, 6) is -1.86. The molecule has 1 atom stereocenters. The van der Waals surface area contributed by atoms with E-state index >= 15 is 0 Å². The number of nitrogens with zero attached hydrogens (tertiary/aromatic N) is 1. The van der Waals surface area contributed by atoms with E-state index in [1.807, 2.05) is 0 Å². The van der Waals surface area contributed by atoms with Crippen molar-refractivity contribution in [1.82, 2.24) is 4.90 Å². The number of carbonyl (C=O) groups excluding carboxylic acids is 1. The summed E-state index contributed by atoms with van der Waals surface area (Å²) in [5.41, 5.74) is -0.195. The number of ether oxygens (including phenoxy) is 1. The van der Waals surface area contributed by atoms with Crippen LogP contribution in [0.3, 0.4) is 0 Å². The Labute approximate surface area is 123 Å². The average Bonchev–Trinajstić information content (AvgIpc) is 2.44. The topological polar surface area (TPSA) is 101 Å². The molecule has 0 saturated carbocycles. The van der Waals surface area contributed by atoms with Gasteiger partial charge in [-0.1, -0.05) is 0 Å². The second-order valence-electron chi connectivity index (χ2n) is 4.59. The Hall–Kier alpha value is -2.09. The van der Waals surface area contributed by atoms with Crippen LogP contribution >= 0.6 is 0 Å². The largest absolute Gasteiger partial charge is 0.495 e. The van der Waals surface area contributed by atoms with Gasteiger partial charge in [-0.15, -0.1) is 0 Å². The predicted octanol–water partition coefficient (Wildman–Crippen LogP) is 0.644. The lowest BCUT2D eigenvalue weighted by atomic mass is 10.2. The van der Waals surface area contributed by atoms with E-state index in [-0.39, 0.29) is 16.2 Å². The Morgan fingerprint density at radius 2 is 1.86 bits per heavy atom. The van der Waals surface area contributed by atoms with Gasteiger partial charge in [0.2, 0.25) is 5.91 Å². The van der Waals surface area contributed by atoms with E-state index in [2.05, 4.69) is 0 Å². The fraction of sp³-hybridized carbons (Fsp3) is 0.385. The van der Waals surface area contributed by atoms with E-state index < -0.39 is 27.0 Å². The van der Waals surface area contributed by atoms with Crippen LogP contribution in [0, 0.1) is 0 Å². The summed E-state index contributed by atoms with van der Waals surface area (Å²) >= 11 is 0. The lowest BCUT2D eigenvalue weighted by Gasteiger charge is -2.18. The molecule has 21 heavy (non-hydrogen) atoms. The van der Waals surface area contributed by atoms with Gasteiger partial charge in [-0.05, 0) is 25.1 Å². The number of benzene rings is 1. The number of amides is 1. The maximum Gasteiger partial charge on any atom is 0.335 e. The number of hydrogen-bond donors (Lipinski definition) is 1. The zero-order chi connectivity index (χ0) is 16.4. The normalized spacial score (nSPS) is 12.6. The van der Waals surface area contributed by atoms with E-state index in [1.54, 1.807) is 0 Å². The van der Waals surface area contributed by atoms with E-state index in [0.29, 0.717) is 0 Å². The van der Waals surface area contributed by atoms with Crippen molar-refractivity contribution in [2.45, 2.75) is 17.1 Å². The standard InChI is InChI=1S/C13H17NO6S/c1-8(12(15)14(2)3)21(18,19)11-7-9(13(16)17)5-6-10(11)20-4/h5-8H,1-4H3,(H,16,17). The molecule has 1 aromatic rings. The van der Waals surface area contributed by atoms with Crippen molar-refractivity contribution >= 4 is 21.7 Å². The highest BCUT2D eigenvalue weighted by molar-refractivity contribution is 7.92. The van der Waals surface area contributed by atoms with E-state index in [1.165, 1.54) is 40.3 Å². The molecule has 0 heterocycles. The molecule has 116 valence electrons. The molecule has 0 aliphatic rings. The number of hydrogen-bond acceptors (Lipinski definition) is 5. The van der Waals surface area contributed by atoms with Crippen molar-refractivity contribution in [2.24, 2.45) is 0 Å². The summed E-state index contributed by atoms with van der Waals surface area (Å²) in [6.07, 6.45) is 0. The molecule has 0 aromatic heterocycles. The van der Waals surface area contributed by atoms with E-state index in [9.17, 15) is 18.0 Å². The van der Waals surface area contributed by atoms with Crippen LogP contribution in [-0.4, -0.2) is 56.8 Å². The predicted molar refractivity (Wildman–Crippen MR) is 75.3 cm³/mol. The first-order valence-electron chi connectivity index (χ1n) is 5.99. The molecule has 0 aliphatic heterocycles. The molecule has 0 spiro atoms. The first-order valence-corrected chi connectivity index (χ1v) is 7.54. The number of carboxylic acids is 1. The molecular formula is C13H17NO6S. The highest BCUT2D eigenvalue weighted by Gasteiger charge is 2.33. The summed E-state index contributed by atoms with van der Waals surface area (Å²) in [7, 11) is 0.0969. The van der Waals surface area contributed by atoms with Crippen molar-refractivity contribution in [3.05, 3.63) is 23.8 Å². The molecular weight excluding hydrogens is 298 g/mol. The van der Waals surface area contributed by atoms with Crippen molar-refractivity contribution in [1.29, 1.82) is 0 Å². The second kappa shape index (κ2) is 6.13. The molecule has 7 nitrogen and oxygen atoms in total. The van der Waals surface area contributed by atoms with Crippen LogP contribution in [0.5, 0.6) is 5.75 Å². The summed E-state index contributed by atoms with van der Waals surface area (Å²) in [5, 5.41) is 7.62. The van der Waals surface area contributed by atoms with Crippen LogP contribution in [0.1, 0.15) is 17.3 Å². The number of carbonyl (C=O) groups is 2. The fourth-order valence-corrected chi connectivity index (χ4v) is 3.30. The molecule has 0 bridgehead atoms. The Morgan fingerprint density at radius 3 is 2.29 bits per heavy atom. The third kappa shape index (κ3) is 3.33. The monoisotopic (exact) mass is 315 g/mol. The third-order valence-electron chi connectivity index (χ3n) is 2.97. The summed E-state index contributed by atoms with van der Waals surface area (Å²) < 4.78 is 30.0. The van der Waals surface area contributed by atoms with Gasteiger partial charge in [-0.25, -0.2) is 13.2 Å². The van der Waals surface area contributed by atoms with Gasteiger partial charge in [-0.3, -0.25) is 4.79 Å². The maximum atomic E-state index is 12.5. The molecule has 1 amide bonds. The average molecular weight is 315 g/mol. The minimum absolute atomic E-state index is 0.00148. The van der Waals surface area contributed by atoms with Gasteiger partial charge in [-0.2, -0.15) is 0 Å². The van der Waals surface area contributed by atoms with Crippen LogP contribution in [-0.2, 0) is 14.6 Å². The molecule has 1 rings (SSSR count). The maximum absolute atomic E-state index is 12.5. The van der Waals surface area contributed by atoms with Gasteiger partial charge < -0.3 is 14.7 Å². The zero-order valence-corrected chi connectivity index (χ0v) is 13.0. The second-order valence-corrected chi connectivity index (χ2v) is 6.83. The first kappa shape index (κ1) is 17.0. The van der Waals surface area contributed by atoms with E-state index in [4.69, 9.17) is 9.84 Å². The molecule has 0 saturated heterocycles. The Kier molecular flexibility index (Phi) is 4.95. The van der Waals surface area contributed by atoms with Gasteiger partial charge in [0.05, 0.1) is 12.7 Å². The van der Waals surface area contributed by atoms with Gasteiger partial charge in [0.1, 0.15) is 15.9 Å². The molecule has 0 fully saturated rings. The summed E-state index contributed by atoms with van der Waals surface area (Å²) in [6, 6.07) is 3.48. The zero-order valence-electron chi connectivity index (χ0n) is 12.2. The molecule has 1 unspecified atom stereocenters. The lowest BCUT2D eigenvalue weighted by Crippen LogP contribution is -2.37. The Balaban J connectivity index is 3.45. The van der Waals surface area contributed by atoms with Crippen LogP contribution in [0.2, 0.25) is 0 Å². The van der Waals surface area contributed by atoms with Gasteiger partial charge >= 0.3 is 5.97 Å².